The van der Waals surface area contributed by atoms with Gasteiger partial charge in [0, 0.05) is 38.8 Å². The molecule has 1 atom stereocenters. The molecule has 0 radical (unpaired) electrons. The van der Waals surface area contributed by atoms with Crippen molar-refractivity contribution in [3.05, 3.63) is 24.3 Å². The first-order valence-electron chi connectivity index (χ1n) is 8.15. The number of rotatable bonds is 5. The van der Waals surface area contributed by atoms with E-state index in [1.807, 2.05) is 24.3 Å². The zero-order chi connectivity index (χ0) is 15.5. The number of hydrogen-bond acceptors (Lipinski definition) is 5. The Hall–Kier alpha value is -1.59. The van der Waals surface area contributed by atoms with Gasteiger partial charge < -0.3 is 14.6 Å². The number of fused-ring (bicyclic) bond motifs is 1. The van der Waals surface area contributed by atoms with Crippen LogP contribution in [0.3, 0.4) is 0 Å². The van der Waals surface area contributed by atoms with E-state index < -0.39 is 0 Å². The zero-order valence-electron chi connectivity index (χ0n) is 13.7. The molecule has 1 aromatic carbocycles. The van der Waals surface area contributed by atoms with Crippen molar-refractivity contribution in [2.45, 2.75) is 19.9 Å². The molecule has 2 aromatic rings. The van der Waals surface area contributed by atoms with Crippen molar-refractivity contribution < 1.29 is 4.42 Å². The predicted molar refractivity (Wildman–Crippen MR) is 90.2 cm³/mol. The lowest BCUT2D eigenvalue weighted by molar-refractivity contribution is 0.0942. The van der Waals surface area contributed by atoms with E-state index in [1.54, 1.807) is 0 Å². The summed E-state index contributed by atoms with van der Waals surface area (Å²) in [5.41, 5.74) is 1.75. The number of piperazine rings is 1. The Kier molecular flexibility index (Phi) is 4.64. The number of nitrogens with zero attached hydrogens (tertiary/aromatic N) is 3. The Balaban J connectivity index is 1.63. The molecule has 1 fully saturated rings. The molecule has 1 unspecified atom stereocenters. The van der Waals surface area contributed by atoms with Crippen LogP contribution in [0, 0.1) is 5.92 Å². The number of hydrogen-bond donors (Lipinski definition) is 1. The molecular formula is C17H26N4O. The number of nitrogens with one attached hydrogen (secondary N) is 1. The molecule has 3 rings (SSSR count). The fourth-order valence-corrected chi connectivity index (χ4v) is 3.08. The van der Waals surface area contributed by atoms with Crippen molar-refractivity contribution in [1.82, 2.24) is 14.8 Å². The third-order valence-electron chi connectivity index (χ3n) is 4.53. The Morgan fingerprint density at radius 2 is 1.91 bits per heavy atom. The average molecular weight is 302 g/mol. The van der Waals surface area contributed by atoms with Crippen LogP contribution in [0.15, 0.2) is 28.7 Å². The second-order valence-corrected chi connectivity index (χ2v) is 6.52. The Labute approximate surface area is 132 Å². The van der Waals surface area contributed by atoms with Crippen LogP contribution >= 0.6 is 0 Å². The third-order valence-corrected chi connectivity index (χ3v) is 4.53. The first-order chi connectivity index (χ1) is 10.6. The lowest BCUT2D eigenvalue weighted by atomic mass is 10.0. The summed E-state index contributed by atoms with van der Waals surface area (Å²) in [6.45, 7) is 10.0. The van der Waals surface area contributed by atoms with E-state index in [9.17, 15) is 0 Å². The molecule has 22 heavy (non-hydrogen) atoms. The minimum absolute atomic E-state index is 0.503. The van der Waals surface area contributed by atoms with Crippen molar-refractivity contribution >= 4 is 17.1 Å². The highest BCUT2D eigenvalue weighted by molar-refractivity contribution is 5.74. The molecule has 0 bridgehead atoms. The highest BCUT2D eigenvalue weighted by Gasteiger charge is 2.25. The summed E-state index contributed by atoms with van der Waals surface area (Å²) in [4.78, 5) is 9.47. The Bertz CT molecular complexity index is 568. The summed E-state index contributed by atoms with van der Waals surface area (Å²) < 4.78 is 5.75. The number of para-hydroxylation sites is 2. The van der Waals surface area contributed by atoms with Crippen LogP contribution < -0.4 is 5.32 Å². The van der Waals surface area contributed by atoms with Crippen molar-refractivity contribution in [3.8, 4) is 0 Å². The van der Waals surface area contributed by atoms with Gasteiger partial charge in [0.2, 0.25) is 0 Å². The normalized spacial score (nSPS) is 18.9. The molecule has 120 valence electrons. The monoisotopic (exact) mass is 302 g/mol. The van der Waals surface area contributed by atoms with E-state index >= 15 is 0 Å². The zero-order valence-corrected chi connectivity index (χ0v) is 13.7. The first kappa shape index (κ1) is 15.3. The molecule has 0 spiro atoms. The van der Waals surface area contributed by atoms with Gasteiger partial charge in [0.25, 0.3) is 6.01 Å². The second kappa shape index (κ2) is 6.67. The SMILES string of the molecule is CC(C)C(CNc1nc2ccccc2o1)N1CCN(C)CC1. The van der Waals surface area contributed by atoms with E-state index in [-0.39, 0.29) is 0 Å². The van der Waals surface area contributed by atoms with E-state index in [2.05, 4.69) is 41.0 Å². The van der Waals surface area contributed by atoms with E-state index in [4.69, 9.17) is 4.42 Å². The molecule has 2 heterocycles. The summed E-state index contributed by atoms with van der Waals surface area (Å²) in [5, 5.41) is 3.39. The van der Waals surface area contributed by atoms with Gasteiger partial charge in [0.15, 0.2) is 5.58 Å². The highest BCUT2D eigenvalue weighted by atomic mass is 16.4. The summed E-state index contributed by atoms with van der Waals surface area (Å²) in [7, 11) is 2.19. The van der Waals surface area contributed by atoms with E-state index in [1.165, 1.54) is 0 Å². The van der Waals surface area contributed by atoms with Crippen molar-refractivity contribution in [2.75, 3.05) is 45.1 Å². The lowest BCUT2D eigenvalue weighted by Gasteiger charge is -2.39. The molecule has 5 nitrogen and oxygen atoms in total. The quantitative estimate of drug-likeness (QED) is 0.919. The van der Waals surface area contributed by atoms with Crippen LogP contribution in [0.1, 0.15) is 13.8 Å². The molecule has 0 saturated carbocycles. The number of anilines is 1. The summed E-state index contributed by atoms with van der Waals surface area (Å²) in [6.07, 6.45) is 0. The number of aromatic nitrogens is 1. The molecule has 0 aliphatic carbocycles. The molecule has 1 N–H and O–H groups in total. The maximum atomic E-state index is 5.75. The van der Waals surface area contributed by atoms with Crippen LogP contribution in [-0.2, 0) is 0 Å². The Morgan fingerprint density at radius 3 is 2.59 bits per heavy atom. The molecule has 1 saturated heterocycles. The van der Waals surface area contributed by atoms with Gasteiger partial charge in [0.05, 0.1) is 0 Å². The van der Waals surface area contributed by atoms with Gasteiger partial charge in [-0.1, -0.05) is 26.0 Å². The minimum atomic E-state index is 0.503. The fourth-order valence-electron chi connectivity index (χ4n) is 3.08. The van der Waals surface area contributed by atoms with Gasteiger partial charge in [0.1, 0.15) is 5.52 Å². The maximum absolute atomic E-state index is 5.75. The smallest absolute Gasteiger partial charge is 0.295 e. The number of oxazole rings is 1. The fraction of sp³-hybridized carbons (Fsp3) is 0.588. The van der Waals surface area contributed by atoms with Crippen LogP contribution in [0.5, 0.6) is 0 Å². The van der Waals surface area contributed by atoms with Crippen LogP contribution in [-0.4, -0.2) is 60.6 Å². The van der Waals surface area contributed by atoms with E-state index in [0.717, 1.165) is 43.8 Å². The highest BCUT2D eigenvalue weighted by Crippen LogP contribution is 2.19. The summed E-state index contributed by atoms with van der Waals surface area (Å²) in [5.74, 6) is 0.597. The minimum Gasteiger partial charge on any atom is -0.424 e. The Morgan fingerprint density at radius 1 is 1.18 bits per heavy atom. The molecule has 1 aliphatic heterocycles. The molecule has 0 amide bonds. The van der Waals surface area contributed by atoms with Crippen molar-refractivity contribution in [2.24, 2.45) is 5.92 Å². The van der Waals surface area contributed by atoms with Crippen LogP contribution in [0.4, 0.5) is 6.01 Å². The number of likely N-dealkylation sites (N-methyl/N-ethyl adjacent to an activating group) is 1. The maximum Gasteiger partial charge on any atom is 0.295 e. The van der Waals surface area contributed by atoms with Gasteiger partial charge in [-0.2, -0.15) is 4.98 Å². The molecule has 1 aromatic heterocycles. The van der Waals surface area contributed by atoms with Crippen molar-refractivity contribution in [1.29, 1.82) is 0 Å². The predicted octanol–water partition coefficient (Wildman–Crippen LogP) is 2.51. The van der Waals surface area contributed by atoms with Gasteiger partial charge >= 0.3 is 0 Å². The lowest BCUT2D eigenvalue weighted by Crippen LogP contribution is -2.52. The van der Waals surface area contributed by atoms with Gasteiger partial charge in [-0.3, -0.25) is 4.90 Å². The topological polar surface area (TPSA) is 44.5 Å². The molecule has 5 heteroatoms. The van der Waals surface area contributed by atoms with Gasteiger partial charge in [-0.25, -0.2) is 0 Å². The third kappa shape index (κ3) is 3.42. The first-order valence-corrected chi connectivity index (χ1v) is 8.15. The van der Waals surface area contributed by atoms with Crippen molar-refractivity contribution in [3.63, 3.8) is 0 Å². The van der Waals surface area contributed by atoms with Gasteiger partial charge in [-0.05, 0) is 25.1 Å². The molecule has 1 aliphatic rings. The molecular weight excluding hydrogens is 276 g/mol. The largest absolute Gasteiger partial charge is 0.424 e. The van der Waals surface area contributed by atoms with Crippen LogP contribution in [0.25, 0.3) is 11.1 Å². The van der Waals surface area contributed by atoms with Gasteiger partial charge in [-0.15, -0.1) is 0 Å². The number of benzene rings is 1. The van der Waals surface area contributed by atoms with E-state index in [0.29, 0.717) is 18.0 Å². The summed E-state index contributed by atoms with van der Waals surface area (Å²) >= 11 is 0. The average Bonchev–Trinajstić information content (AvgIpc) is 2.91. The summed E-state index contributed by atoms with van der Waals surface area (Å²) in [6, 6.07) is 9.01. The standard InChI is InChI=1S/C17H26N4O/c1-13(2)15(21-10-8-20(3)9-11-21)12-18-17-19-14-6-4-5-7-16(14)22-17/h4-7,13,15H,8-12H2,1-3H3,(H,18,19). The second-order valence-electron chi connectivity index (χ2n) is 6.52. The van der Waals surface area contributed by atoms with Crippen LogP contribution in [0.2, 0.25) is 0 Å².